The van der Waals surface area contributed by atoms with Crippen molar-refractivity contribution in [2.75, 3.05) is 19.7 Å². The number of benzene rings is 1. The van der Waals surface area contributed by atoms with Gasteiger partial charge in [-0.3, -0.25) is 9.59 Å². The standard InChI is InChI=1S/C14H18N2O5.C4H9NO.C2H2/c1-9-2-4-10(5-3-9)21-8-13(18)16-11(14(19)20)6-7-12(15)17;6-4-1-2-5-3-4;1-2/h2-5,11H,6-8H2,1H3,(H2,15,17)(H,16,18)(H,19,20);4-6H,1-3H2;1-2H/t11-;4-;/m01./s1. The summed E-state index contributed by atoms with van der Waals surface area (Å²) in [6, 6.07) is 5.93. The maximum Gasteiger partial charge on any atom is 0.326 e. The number of aryl methyl sites for hydroxylation is 1. The van der Waals surface area contributed by atoms with Gasteiger partial charge < -0.3 is 31.3 Å². The Morgan fingerprint density at radius 1 is 1.31 bits per heavy atom. The van der Waals surface area contributed by atoms with Gasteiger partial charge in [0.25, 0.3) is 5.91 Å². The predicted molar refractivity (Wildman–Crippen MR) is 108 cm³/mol. The summed E-state index contributed by atoms with van der Waals surface area (Å²) in [5, 5.41) is 22.9. The van der Waals surface area contributed by atoms with E-state index in [1.165, 1.54) is 0 Å². The van der Waals surface area contributed by atoms with Crippen molar-refractivity contribution in [2.45, 2.75) is 38.3 Å². The summed E-state index contributed by atoms with van der Waals surface area (Å²) < 4.78 is 5.23. The molecular formula is C20H29N3O6. The number of aliphatic hydroxyl groups is 1. The lowest BCUT2D eigenvalue weighted by atomic mass is 10.1. The summed E-state index contributed by atoms with van der Waals surface area (Å²) in [5.41, 5.74) is 6.01. The molecule has 0 aliphatic carbocycles. The van der Waals surface area contributed by atoms with E-state index in [0.717, 1.165) is 25.1 Å². The Hall–Kier alpha value is -3.09. The average Bonchev–Trinajstić information content (AvgIpc) is 3.17. The van der Waals surface area contributed by atoms with Crippen molar-refractivity contribution in [3.8, 4) is 18.6 Å². The van der Waals surface area contributed by atoms with E-state index in [1.54, 1.807) is 12.1 Å². The minimum Gasteiger partial charge on any atom is -0.484 e. The van der Waals surface area contributed by atoms with E-state index in [4.69, 9.17) is 20.7 Å². The summed E-state index contributed by atoms with van der Waals surface area (Å²) in [4.78, 5) is 33.2. The maximum atomic E-state index is 11.6. The van der Waals surface area contributed by atoms with Crippen molar-refractivity contribution >= 4 is 17.8 Å². The third kappa shape index (κ3) is 12.8. The quantitative estimate of drug-likeness (QED) is 0.374. The number of rotatable bonds is 8. The first-order valence-electron chi connectivity index (χ1n) is 9.00. The maximum absolute atomic E-state index is 11.6. The third-order valence-electron chi connectivity index (χ3n) is 3.74. The Morgan fingerprint density at radius 3 is 2.34 bits per heavy atom. The molecule has 0 saturated carbocycles. The predicted octanol–water partition coefficient (Wildman–Crippen LogP) is -0.201. The summed E-state index contributed by atoms with van der Waals surface area (Å²) in [7, 11) is 0. The second-order valence-corrected chi connectivity index (χ2v) is 6.21. The van der Waals surface area contributed by atoms with Gasteiger partial charge in [0, 0.05) is 13.0 Å². The number of carboxylic acids is 1. The molecule has 2 atom stereocenters. The number of carbonyl (C=O) groups is 3. The number of nitrogens with one attached hydrogen (secondary N) is 2. The molecule has 2 amide bonds. The van der Waals surface area contributed by atoms with E-state index >= 15 is 0 Å². The molecule has 1 aromatic carbocycles. The average molecular weight is 407 g/mol. The van der Waals surface area contributed by atoms with Crippen LogP contribution < -0.4 is 21.1 Å². The molecule has 9 nitrogen and oxygen atoms in total. The minimum atomic E-state index is -1.22. The van der Waals surface area contributed by atoms with Gasteiger partial charge in [-0.25, -0.2) is 4.79 Å². The molecule has 1 saturated heterocycles. The fourth-order valence-corrected chi connectivity index (χ4v) is 2.20. The van der Waals surface area contributed by atoms with E-state index in [1.807, 2.05) is 19.1 Å². The zero-order valence-electron chi connectivity index (χ0n) is 16.5. The normalized spacial score (nSPS) is 15.5. The fraction of sp³-hybridized carbons (Fsp3) is 0.450. The second kappa shape index (κ2) is 14.9. The Balaban J connectivity index is 0.000000818. The van der Waals surface area contributed by atoms with Gasteiger partial charge in [0.15, 0.2) is 6.61 Å². The fourth-order valence-electron chi connectivity index (χ4n) is 2.20. The Kier molecular flexibility index (Phi) is 13.3. The van der Waals surface area contributed by atoms with Crippen molar-refractivity contribution in [1.82, 2.24) is 10.6 Å². The van der Waals surface area contributed by atoms with Crippen molar-refractivity contribution in [2.24, 2.45) is 5.73 Å². The molecule has 1 fully saturated rings. The van der Waals surface area contributed by atoms with Gasteiger partial charge >= 0.3 is 5.97 Å². The molecule has 9 heteroatoms. The summed E-state index contributed by atoms with van der Waals surface area (Å²) in [6.07, 6.45) is 8.70. The summed E-state index contributed by atoms with van der Waals surface area (Å²) in [5.74, 6) is -1.90. The van der Waals surface area contributed by atoms with E-state index in [9.17, 15) is 14.4 Å². The van der Waals surface area contributed by atoms with Crippen LogP contribution in [0.1, 0.15) is 24.8 Å². The highest BCUT2D eigenvalue weighted by Crippen LogP contribution is 2.11. The molecule has 1 heterocycles. The van der Waals surface area contributed by atoms with E-state index in [2.05, 4.69) is 23.5 Å². The molecule has 0 bridgehead atoms. The molecule has 0 radical (unpaired) electrons. The van der Waals surface area contributed by atoms with Gasteiger partial charge in [0.1, 0.15) is 11.8 Å². The van der Waals surface area contributed by atoms with E-state index < -0.39 is 23.8 Å². The number of hydrogen-bond acceptors (Lipinski definition) is 6. The van der Waals surface area contributed by atoms with Crippen LogP contribution in [0.5, 0.6) is 5.75 Å². The van der Waals surface area contributed by atoms with Crippen molar-refractivity contribution in [3.63, 3.8) is 0 Å². The summed E-state index contributed by atoms with van der Waals surface area (Å²) in [6.45, 7) is 3.40. The highest BCUT2D eigenvalue weighted by molar-refractivity contribution is 5.85. The van der Waals surface area contributed by atoms with Crippen molar-refractivity contribution in [3.05, 3.63) is 29.8 Å². The van der Waals surface area contributed by atoms with Crippen LogP contribution in [0.2, 0.25) is 0 Å². The smallest absolute Gasteiger partial charge is 0.326 e. The molecular weight excluding hydrogens is 378 g/mol. The van der Waals surface area contributed by atoms with Gasteiger partial charge in [-0.15, -0.1) is 12.8 Å². The molecule has 160 valence electrons. The van der Waals surface area contributed by atoms with Gasteiger partial charge in [-0.2, -0.15) is 0 Å². The SMILES string of the molecule is C#C.Cc1ccc(OCC(=O)N[C@@H](CCC(N)=O)C(=O)O)cc1.O[C@@H]1CCNC1. The van der Waals surface area contributed by atoms with Crippen molar-refractivity contribution < 1.29 is 29.3 Å². The number of carbonyl (C=O) groups excluding carboxylic acids is 2. The highest BCUT2D eigenvalue weighted by atomic mass is 16.5. The molecule has 2 rings (SSSR count). The number of ether oxygens (including phenoxy) is 1. The first-order chi connectivity index (χ1) is 13.8. The first-order valence-corrected chi connectivity index (χ1v) is 9.00. The van der Waals surface area contributed by atoms with Gasteiger partial charge in [0.05, 0.1) is 6.10 Å². The lowest BCUT2D eigenvalue weighted by molar-refractivity contribution is -0.142. The molecule has 29 heavy (non-hydrogen) atoms. The van der Waals surface area contributed by atoms with E-state index in [-0.39, 0.29) is 25.6 Å². The molecule has 0 unspecified atom stereocenters. The lowest BCUT2D eigenvalue weighted by Crippen LogP contribution is -2.43. The lowest BCUT2D eigenvalue weighted by Gasteiger charge is -2.14. The number of amides is 2. The third-order valence-corrected chi connectivity index (χ3v) is 3.74. The Bertz CT molecular complexity index is 654. The monoisotopic (exact) mass is 407 g/mol. The Morgan fingerprint density at radius 2 is 1.93 bits per heavy atom. The van der Waals surface area contributed by atoms with Crippen LogP contribution in [0.3, 0.4) is 0 Å². The molecule has 6 N–H and O–H groups in total. The highest BCUT2D eigenvalue weighted by Gasteiger charge is 2.20. The van der Waals surface area contributed by atoms with Crippen LogP contribution >= 0.6 is 0 Å². The molecule has 0 spiro atoms. The Labute approximate surface area is 170 Å². The number of aliphatic hydroxyl groups excluding tert-OH is 1. The number of hydrogen-bond donors (Lipinski definition) is 5. The number of nitrogens with two attached hydrogens (primary N) is 1. The van der Waals surface area contributed by atoms with Crippen LogP contribution in [0.4, 0.5) is 0 Å². The van der Waals surface area contributed by atoms with E-state index in [0.29, 0.717) is 5.75 Å². The molecule has 1 aliphatic heterocycles. The van der Waals surface area contributed by atoms with Crippen LogP contribution in [0, 0.1) is 19.8 Å². The van der Waals surface area contributed by atoms with Crippen LogP contribution in [-0.2, 0) is 14.4 Å². The van der Waals surface area contributed by atoms with Crippen LogP contribution in [-0.4, -0.2) is 59.8 Å². The van der Waals surface area contributed by atoms with Gasteiger partial charge in [-0.05, 0) is 38.4 Å². The zero-order chi connectivity index (χ0) is 22.2. The van der Waals surface area contributed by atoms with Crippen molar-refractivity contribution in [1.29, 1.82) is 0 Å². The van der Waals surface area contributed by atoms with Gasteiger partial charge in [-0.1, -0.05) is 17.7 Å². The number of terminal acetylenes is 1. The number of β-amino-alcohol motifs (C(OH)–C–C–N with tert-alkyl or cyclic N) is 1. The zero-order valence-corrected chi connectivity index (χ0v) is 16.5. The molecule has 1 aromatic rings. The minimum absolute atomic E-state index is 0.0546. The molecule has 1 aliphatic rings. The first kappa shape index (κ1) is 25.9. The molecule has 0 aromatic heterocycles. The van der Waals surface area contributed by atoms with Crippen LogP contribution in [0.15, 0.2) is 24.3 Å². The topological polar surface area (TPSA) is 151 Å². The number of aliphatic carboxylic acids is 1. The number of carboxylic acid groups (broad SMARTS) is 1. The second-order valence-electron chi connectivity index (χ2n) is 6.21. The van der Waals surface area contributed by atoms with Crippen LogP contribution in [0.25, 0.3) is 0 Å². The largest absolute Gasteiger partial charge is 0.484 e. The number of primary amides is 1. The summed E-state index contributed by atoms with van der Waals surface area (Å²) >= 11 is 0. The van der Waals surface area contributed by atoms with Gasteiger partial charge in [0.2, 0.25) is 5.91 Å².